The fraction of sp³-hybridized carbons (Fsp3) is 0.100. The van der Waals surface area contributed by atoms with Crippen LogP contribution < -0.4 is 14.8 Å². The van der Waals surface area contributed by atoms with Gasteiger partial charge in [-0.3, -0.25) is 4.72 Å². The van der Waals surface area contributed by atoms with Crippen LogP contribution in [0.2, 0.25) is 0 Å². The second-order valence-corrected chi connectivity index (χ2v) is 7.49. The molecule has 3 aromatic carbocycles. The minimum atomic E-state index is -3.69. The topological polar surface area (TPSA) is 67.4 Å². The molecular formula is C20H19FN2O3S. The van der Waals surface area contributed by atoms with E-state index in [2.05, 4.69) is 10.0 Å². The zero-order valence-corrected chi connectivity index (χ0v) is 15.5. The second-order valence-electron chi connectivity index (χ2n) is 5.80. The molecule has 0 fully saturated rings. The number of ether oxygens (including phenoxy) is 1. The number of hydrogen-bond donors (Lipinski definition) is 2. The summed E-state index contributed by atoms with van der Waals surface area (Å²) >= 11 is 0. The number of nitrogens with one attached hydrogen (secondary N) is 2. The lowest BCUT2D eigenvalue weighted by molar-refractivity contribution is 0.414. The van der Waals surface area contributed by atoms with E-state index in [-0.39, 0.29) is 10.7 Å². The van der Waals surface area contributed by atoms with E-state index < -0.39 is 10.0 Å². The zero-order chi connectivity index (χ0) is 19.3. The quantitative estimate of drug-likeness (QED) is 0.637. The molecule has 2 N–H and O–H groups in total. The molecule has 0 radical (unpaired) electrons. The molecule has 7 heteroatoms. The summed E-state index contributed by atoms with van der Waals surface area (Å²) < 4.78 is 46.0. The molecule has 0 amide bonds. The van der Waals surface area contributed by atoms with E-state index in [0.717, 1.165) is 5.69 Å². The van der Waals surface area contributed by atoms with Gasteiger partial charge in [0.2, 0.25) is 0 Å². The van der Waals surface area contributed by atoms with E-state index in [1.165, 1.54) is 25.3 Å². The summed E-state index contributed by atoms with van der Waals surface area (Å²) in [4.78, 5) is 0.144. The lowest BCUT2D eigenvalue weighted by Gasteiger charge is -2.11. The van der Waals surface area contributed by atoms with Crippen molar-refractivity contribution in [2.24, 2.45) is 0 Å². The van der Waals surface area contributed by atoms with Crippen LogP contribution in [0.25, 0.3) is 0 Å². The summed E-state index contributed by atoms with van der Waals surface area (Å²) in [5.74, 6) is 0.313. The van der Waals surface area contributed by atoms with Crippen molar-refractivity contribution in [2.45, 2.75) is 11.4 Å². The number of halogens is 1. The van der Waals surface area contributed by atoms with Gasteiger partial charge in [0.1, 0.15) is 11.6 Å². The Hall–Kier alpha value is -3.06. The molecule has 27 heavy (non-hydrogen) atoms. The molecule has 0 saturated heterocycles. The monoisotopic (exact) mass is 386 g/mol. The van der Waals surface area contributed by atoms with Crippen molar-refractivity contribution in [3.05, 3.63) is 84.2 Å². The molecule has 0 aromatic heterocycles. The minimum Gasteiger partial charge on any atom is -0.497 e. The highest BCUT2D eigenvalue weighted by atomic mass is 32.2. The maximum absolute atomic E-state index is 13.6. The van der Waals surface area contributed by atoms with Crippen molar-refractivity contribution in [2.75, 3.05) is 17.1 Å². The average molecular weight is 386 g/mol. The lowest BCUT2D eigenvalue weighted by atomic mass is 10.2. The normalized spacial score (nSPS) is 11.0. The van der Waals surface area contributed by atoms with E-state index in [1.54, 1.807) is 54.6 Å². The third kappa shape index (κ3) is 4.77. The van der Waals surface area contributed by atoms with E-state index in [1.807, 2.05) is 0 Å². The van der Waals surface area contributed by atoms with Crippen LogP contribution in [0.4, 0.5) is 15.8 Å². The predicted octanol–water partition coefficient (Wildman–Crippen LogP) is 4.25. The lowest BCUT2D eigenvalue weighted by Crippen LogP contribution is -2.12. The van der Waals surface area contributed by atoms with Crippen molar-refractivity contribution in [3.63, 3.8) is 0 Å². The molecule has 0 atom stereocenters. The van der Waals surface area contributed by atoms with Gasteiger partial charge in [0.05, 0.1) is 12.0 Å². The Bertz CT molecular complexity index is 1000. The Balaban J connectivity index is 1.65. The van der Waals surface area contributed by atoms with Gasteiger partial charge in [-0.25, -0.2) is 12.8 Å². The van der Waals surface area contributed by atoms with E-state index in [4.69, 9.17) is 4.74 Å². The molecule has 0 saturated carbocycles. The molecule has 0 aliphatic rings. The van der Waals surface area contributed by atoms with Crippen LogP contribution in [-0.2, 0) is 16.6 Å². The van der Waals surface area contributed by atoms with Gasteiger partial charge in [0, 0.05) is 23.5 Å². The molecule has 0 bridgehead atoms. The number of sulfonamides is 1. The van der Waals surface area contributed by atoms with Gasteiger partial charge >= 0.3 is 0 Å². The Morgan fingerprint density at radius 1 is 0.889 bits per heavy atom. The zero-order valence-electron chi connectivity index (χ0n) is 14.6. The maximum atomic E-state index is 13.6. The largest absolute Gasteiger partial charge is 0.497 e. The fourth-order valence-electron chi connectivity index (χ4n) is 2.46. The second kappa shape index (κ2) is 8.09. The standard InChI is InChI=1S/C20H19FN2O3S/c1-26-18-10-12-19(13-11-18)27(24,25)23-17-8-6-16(7-9-17)22-14-15-4-2-3-5-20(15)21/h2-13,22-23H,14H2,1H3. The summed E-state index contributed by atoms with van der Waals surface area (Å²) in [6, 6.07) is 19.4. The number of anilines is 2. The number of hydrogen-bond acceptors (Lipinski definition) is 4. The van der Waals surface area contributed by atoms with Crippen LogP contribution in [0.5, 0.6) is 5.75 Å². The Labute approximate surface area is 157 Å². The van der Waals surface area contributed by atoms with E-state index in [9.17, 15) is 12.8 Å². The highest BCUT2D eigenvalue weighted by Crippen LogP contribution is 2.21. The SMILES string of the molecule is COc1ccc(S(=O)(=O)Nc2ccc(NCc3ccccc3F)cc2)cc1. The van der Waals surface area contributed by atoms with Gasteiger partial charge in [0.15, 0.2) is 0 Å². The van der Waals surface area contributed by atoms with Crippen LogP contribution in [0.1, 0.15) is 5.56 Å². The van der Waals surface area contributed by atoms with Crippen molar-refractivity contribution >= 4 is 21.4 Å². The molecule has 140 valence electrons. The number of benzene rings is 3. The van der Waals surface area contributed by atoms with Gasteiger partial charge in [-0.15, -0.1) is 0 Å². The molecule has 0 spiro atoms. The highest BCUT2D eigenvalue weighted by Gasteiger charge is 2.14. The van der Waals surface area contributed by atoms with E-state index in [0.29, 0.717) is 23.5 Å². The smallest absolute Gasteiger partial charge is 0.261 e. The molecular weight excluding hydrogens is 367 g/mol. The van der Waals surface area contributed by atoms with Crippen molar-refractivity contribution in [1.82, 2.24) is 0 Å². The summed E-state index contributed by atoms with van der Waals surface area (Å²) in [6.07, 6.45) is 0. The third-order valence-corrected chi connectivity index (χ3v) is 5.34. The van der Waals surface area contributed by atoms with Crippen molar-refractivity contribution in [3.8, 4) is 5.75 Å². The molecule has 0 aliphatic heterocycles. The molecule has 0 aliphatic carbocycles. The summed E-state index contributed by atoms with van der Waals surface area (Å²) in [5.41, 5.74) is 1.75. The van der Waals surface area contributed by atoms with Crippen LogP contribution in [0.15, 0.2) is 77.7 Å². The van der Waals surface area contributed by atoms with E-state index >= 15 is 0 Å². The van der Waals surface area contributed by atoms with Gasteiger partial charge in [-0.1, -0.05) is 18.2 Å². The first-order chi connectivity index (χ1) is 13.0. The molecule has 3 aromatic rings. The fourth-order valence-corrected chi connectivity index (χ4v) is 3.52. The molecule has 3 rings (SSSR count). The highest BCUT2D eigenvalue weighted by molar-refractivity contribution is 7.92. The first-order valence-corrected chi connectivity index (χ1v) is 9.70. The Morgan fingerprint density at radius 3 is 2.15 bits per heavy atom. The maximum Gasteiger partial charge on any atom is 0.261 e. The molecule has 0 heterocycles. The predicted molar refractivity (Wildman–Crippen MR) is 104 cm³/mol. The van der Waals surface area contributed by atoms with Crippen LogP contribution in [0.3, 0.4) is 0 Å². The van der Waals surface area contributed by atoms with Gasteiger partial charge in [-0.2, -0.15) is 0 Å². The first kappa shape index (κ1) is 18.7. The van der Waals surface area contributed by atoms with Gasteiger partial charge in [-0.05, 0) is 54.6 Å². The summed E-state index contributed by atoms with van der Waals surface area (Å²) in [5, 5.41) is 3.11. The average Bonchev–Trinajstić information content (AvgIpc) is 2.68. The third-order valence-electron chi connectivity index (χ3n) is 3.95. The summed E-state index contributed by atoms with van der Waals surface area (Å²) in [6.45, 7) is 0.337. The number of rotatable bonds is 7. The minimum absolute atomic E-state index is 0.144. The Morgan fingerprint density at radius 2 is 1.52 bits per heavy atom. The van der Waals surface area contributed by atoms with Crippen LogP contribution in [-0.4, -0.2) is 15.5 Å². The van der Waals surface area contributed by atoms with Crippen molar-refractivity contribution in [1.29, 1.82) is 0 Å². The van der Waals surface area contributed by atoms with Crippen LogP contribution in [0, 0.1) is 5.82 Å². The molecule has 0 unspecified atom stereocenters. The molecule has 5 nitrogen and oxygen atoms in total. The summed E-state index contributed by atoms with van der Waals surface area (Å²) in [7, 11) is -2.17. The number of methoxy groups -OCH3 is 1. The van der Waals surface area contributed by atoms with Gasteiger partial charge in [0.25, 0.3) is 10.0 Å². The van der Waals surface area contributed by atoms with Crippen LogP contribution >= 0.6 is 0 Å². The first-order valence-electron chi connectivity index (χ1n) is 8.22. The Kier molecular flexibility index (Phi) is 5.61. The van der Waals surface area contributed by atoms with Gasteiger partial charge < -0.3 is 10.1 Å². The van der Waals surface area contributed by atoms with Crippen molar-refractivity contribution < 1.29 is 17.5 Å².